The van der Waals surface area contributed by atoms with Gasteiger partial charge in [-0.15, -0.1) is 0 Å². The van der Waals surface area contributed by atoms with Crippen LogP contribution in [0.3, 0.4) is 0 Å². The first-order chi connectivity index (χ1) is 19.4. The van der Waals surface area contributed by atoms with E-state index < -0.39 is 34.5 Å². The van der Waals surface area contributed by atoms with Gasteiger partial charge in [0, 0.05) is 23.7 Å². The summed E-state index contributed by atoms with van der Waals surface area (Å²) in [5.74, 6) is -0.200. The average molecular weight is 572 g/mol. The van der Waals surface area contributed by atoms with Crippen LogP contribution < -0.4 is 25.8 Å². The maximum atomic E-state index is 13.1. The van der Waals surface area contributed by atoms with E-state index in [0.717, 1.165) is 12.5 Å². The van der Waals surface area contributed by atoms with Gasteiger partial charge in [0.1, 0.15) is 5.60 Å². The Bertz CT molecular complexity index is 1280. The number of nitro benzene ring substituents is 1. The van der Waals surface area contributed by atoms with Crippen molar-refractivity contribution >= 4 is 23.6 Å². The number of fused-ring (bicyclic) bond motifs is 1. The summed E-state index contributed by atoms with van der Waals surface area (Å²) in [7, 11) is 1.61. The number of nitrogens with two attached hydrogens (primary N) is 1. The number of nitro groups is 1. The Morgan fingerprint density at radius 1 is 1.10 bits per heavy atom. The van der Waals surface area contributed by atoms with E-state index in [1.165, 1.54) is 17.0 Å². The normalized spacial score (nSPS) is 12.9. The molecule has 4 N–H and O–H groups in total. The van der Waals surface area contributed by atoms with Gasteiger partial charge in [0.15, 0.2) is 11.5 Å². The predicted molar refractivity (Wildman–Crippen MR) is 149 cm³/mol. The number of rotatable bonds is 12. The minimum atomic E-state index is -0.805. The van der Waals surface area contributed by atoms with Crippen LogP contribution in [-0.4, -0.2) is 59.8 Å². The number of nitrogens with one attached hydrogen (secondary N) is 2. The summed E-state index contributed by atoms with van der Waals surface area (Å²) >= 11 is 0. The third kappa shape index (κ3) is 8.88. The number of benzene rings is 2. The molecule has 0 aromatic heterocycles. The van der Waals surface area contributed by atoms with E-state index in [-0.39, 0.29) is 36.7 Å². The number of unbranched alkanes of at least 4 members (excludes halogenated alkanes) is 1. The Kier molecular flexibility index (Phi) is 10.6. The standard InChI is InChI=1S/C28H37N5O8/c1-28(2,3)41-27(36)32(15-18-8-11-23-24(13-18)40-17-39-23)16-20-10-9-19(14-22(20)33(37)38)25(34)31-26(35)21(30-4)7-5-6-12-29/h8-11,13-14,21,30H,5-7,12,15-17,29H2,1-4H3,(H,31,34,35)/t21-/m0/s1. The predicted octanol–water partition coefficient (Wildman–Crippen LogP) is 3.23. The van der Waals surface area contributed by atoms with E-state index in [1.54, 1.807) is 46.0 Å². The van der Waals surface area contributed by atoms with Crippen molar-refractivity contribution in [3.63, 3.8) is 0 Å². The van der Waals surface area contributed by atoms with Crippen LogP contribution in [0.15, 0.2) is 36.4 Å². The molecule has 13 heteroatoms. The van der Waals surface area contributed by atoms with Gasteiger partial charge >= 0.3 is 6.09 Å². The fraction of sp³-hybridized carbons (Fsp3) is 0.464. The molecule has 0 unspecified atom stereocenters. The van der Waals surface area contributed by atoms with Crippen molar-refractivity contribution in [2.45, 2.75) is 64.8 Å². The second kappa shape index (κ2) is 13.9. The minimum absolute atomic E-state index is 0.0645. The van der Waals surface area contributed by atoms with Crippen LogP contribution in [0.1, 0.15) is 61.5 Å². The summed E-state index contributed by atoms with van der Waals surface area (Å²) in [6, 6.07) is 8.46. The highest BCUT2D eigenvalue weighted by Gasteiger charge is 2.27. The van der Waals surface area contributed by atoms with Gasteiger partial charge < -0.3 is 25.3 Å². The SMILES string of the molecule is CN[C@@H](CCCCN)C(=O)NC(=O)c1ccc(CN(Cc2ccc3c(c2)OCO3)C(=O)OC(C)(C)C)c([N+](=O)[O-])c1. The fourth-order valence-corrected chi connectivity index (χ4v) is 4.16. The smallest absolute Gasteiger partial charge is 0.410 e. The molecule has 1 atom stereocenters. The van der Waals surface area contributed by atoms with Crippen LogP contribution in [0.25, 0.3) is 0 Å². The van der Waals surface area contributed by atoms with Crippen molar-refractivity contribution in [1.29, 1.82) is 0 Å². The molecule has 0 spiro atoms. The van der Waals surface area contributed by atoms with Crippen molar-refractivity contribution in [2.75, 3.05) is 20.4 Å². The quantitative estimate of drug-likeness (QED) is 0.195. The molecular weight excluding hydrogens is 534 g/mol. The number of carbonyl (C=O) groups excluding carboxylic acids is 3. The molecule has 2 aromatic carbocycles. The van der Waals surface area contributed by atoms with Crippen molar-refractivity contribution in [3.8, 4) is 11.5 Å². The first-order valence-electron chi connectivity index (χ1n) is 13.3. The lowest BCUT2D eigenvalue weighted by atomic mass is 10.1. The monoisotopic (exact) mass is 571 g/mol. The molecule has 0 aliphatic carbocycles. The van der Waals surface area contributed by atoms with Crippen LogP contribution >= 0.6 is 0 Å². The minimum Gasteiger partial charge on any atom is -0.454 e. The summed E-state index contributed by atoms with van der Waals surface area (Å²) in [5.41, 5.74) is 5.13. The fourth-order valence-electron chi connectivity index (χ4n) is 4.16. The Hall–Kier alpha value is -4.23. The third-order valence-corrected chi connectivity index (χ3v) is 6.22. The van der Waals surface area contributed by atoms with E-state index in [9.17, 15) is 24.5 Å². The number of hydrogen-bond acceptors (Lipinski definition) is 10. The van der Waals surface area contributed by atoms with Crippen LogP contribution in [0.5, 0.6) is 11.5 Å². The largest absolute Gasteiger partial charge is 0.454 e. The highest BCUT2D eigenvalue weighted by Crippen LogP contribution is 2.33. The lowest BCUT2D eigenvalue weighted by Crippen LogP contribution is -2.45. The second-order valence-corrected chi connectivity index (χ2v) is 10.6. The van der Waals surface area contributed by atoms with Crippen LogP contribution in [0.2, 0.25) is 0 Å². The van der Waals surface area contributed by atoms with Crippen molar-refractivity contribution in [3.05, 3.63) is 63.2 Å². The van der Waals surface area contributed by atoms with E-state index in [0.29, 0.717) is 36.4 Å². The molecule has 3 rings (SSSR count). The number of hydrogen-bond donors (Lipinski definition) is 3. The topological polar surface area (TPSA) is 175 Å². The summed E-state index contributed by atoms with van der Waals surface area (Å²) in [6.07, 6.45) is 1.24. The number of imide groups is 1. The molecule has 41 heavy (non-hydrogen) atoms. The van der Waals surface area contributed by atoms with Gasteiger partial charge in [-0.2, -0.15) is 0 Å². The number of carbonyl (C=O) groups is 3. The average Bonchev–Trinajstić information content (AvgIpc) is 3.37. The molecule has 13 nitrogen and oxygen atoms in total. The Labute approximate surface area is 238 Å². The number of nitrogens with zero attached hydrogens (tertiary/aromatic N) is 2. The number of likely N-dealkylation sites (N-methyl/N-ethyl adjacent to an activating group) is 1. The molecular formula is C28H37N5O8. The first kappa shape index (κ1) is 31.3. The van der Waals surface area contributed by atoms with Gasteiger partial charge in [-0.3, -0.25) is 29.9 Å². The van der Waals surface area contributed by atoms with Gasteiger partial charge in [-0.05, 0) is 77.0 Å². The molecule has 2 aromatic rings. The molecule has 1 heterocycles. The summed E-state index contributed by atoms with van der Waals surface area (Å²) in [4.78, 5) is 51.2. The van der Waals surface area contributed by atoms with Crippen LogP contribution in [0.4, 0.5) is 10.5 Å². The third-order valence-electron chi connectivity index (χ3n) is 6.22. The zero-order valence-corrected chi connectivity index (χ0v) is 23.7. The Morgan fingerprint density at radius 3 is 2.49 bits per heavy atom. The van der Waals surface area contributed by atoms with Gasteiger partial charge in [0.2, 0.25) is 12.7 Å². The summed E-state index contributed by atoms with van der Waals surface area (Å²) in [6.45, 7) is 5.64. The molecule has 222 valence electrons. The highest BCUT2D eigenvalue weighted by molar-refractivity contribution is 6.06. The van der Waals surface area contributed by atoms with E-state index in [4.69, 9.17) is 19.9 Å². The lowest BCUT2D eigenvalue weighted by molar-refractivity contribution is -0.385. The molecule has 0 bridgehead atoms. The molecule has 3 amide bonds. The highest BCUT2D eigenvalue weighted by atomic mass is 16.7. The van der Waals surface area contributed by atoms with E-state index in [1.807, 2.05) is 0 Å². The molecule has 0 fully saturated rings. The molecule has 1 aliphatic heterocycles. The second-order valence-electron chi connectivity index (χ2n) is 10.6. The number of amides is 3. The zero-order chi connectivity index (χ0) is 30.2. The lowest BCUT2D eigenvalue weighted by Gasteiger charge is -2.27. The van der Waals surface area contributed by atoms with Crippen LogP contribution in [-0.2, 0) is 22.6 Å². The zero-order valence-electron chi connectivity index (χ0n) is 23.7. The van der Waals surface area contributed by atoms with E-state index >= 15 is 0 Å². The molecule has 1 aliphatic rings. The first-order valence-corrected chi connectivity index (χ1v) is 13.3. The Balaban J connectivity index is 1.82. The molecule has 0 saturated carbocycles. The van der Waals surface area contributed by atoms with Gasteiger partial charge in [-0.1, -0.05) is 12.5 Å². The van der Waals surface area contributed by atoms with Crippen molar-refractivity contribution in [1.82, 2.24) is 15.5 Å². The van der Waals surface area contributed by atoms with Gasteiger partial charge in [0.05, 0.1) is 17.5 Å². The molecule has 0 saturated heterocycles. The summed E-state index contributed by atoms with van der Waals surface area (Å²) < 4.78 is 16.3. The van der Waals surface area contributed by atoms with Gasteiger partial charge in [-0.25, -0.2) is 4.79 Å². The Morgan fingerprint density at radius 2 is 1.83 bits per heavy atom. The maximum Gasteiger partial charge on any atom is 0.410 e. The number of ether oxygens (including phenoxy) is 3. The van der Waals surface area contributed by atoms with Crippen molar-refractivity contribution < 1.29 is 33.5 Å². The van der Waals surface area contributed by atoms with Crippen LogP contribution in [0, 0.1) is 10.1 Å². The van der Waals surface area contributed by atoms with E-state index in [2.05, 4.69) is 10.6 Å². The molecule has 0 radical (unpaired) electrons. The van der Waals surface area contributed by atoms with Crippen molar-refractivity contribution in [2.24, 2.45) is 5.73 Å². The summed E-state index contributed by atoms with van der Waals surface area (Å²) in [5, 5.41) is 17.2. The maximum absolute atomic E-state index is 13.1. The van der Waals surface area contributed by atoms with Gasteiger partial charge in [0.25, 0.3) is 11.6 Å².